The molecule has 34 heavy (non-hydrogen) atoms. The van der Waals surface area contributed by atoms with Gasteiger partial charge in [-0.2, -0.15) is 0 Å². The van der Waals surface area contributed by atoms with Crippen molar-refractivity contribution in [2.24, 2.45) is 4.99 Å². The first-order valence-electron chi connectivity index (χ1n) is 11.6. The van der Waals surface area contributed by atoms with Crippen LogP contribution in [0.5, 0.6) is 5.75 Å². The summed E-state index contributed by atoms with van der Waals surface area (Å²) < 4.78 is 4.89. The smallest absolute Gasteiger partial charge is 0.324 e. The second-order valence-electron chi connectivity index (χ2n) is 8.86. The molecular formula is C26H33N5O3. The maximum absolute atomic E-state index is 11.9. The van der Waals surface area contributed by atoms with Gasteiger partial charge in [0.15, 0.2) is 5.79 Å². The zero-order valence-corrected chi connectivity index (χ0v) is 19.8. The summed E-state index contributed by atoms with van der Waals surface area (Å²) in [7, 11) is 1.43. The van der Waals surface area contributed by atoms with E-state index in [1.807, 2.05) is 31.3 Å². The van der Waals surface area contributed by atoms with Crippen LogP contribution in [0.4, 0.5) is 0 Å². The van der Waals surface area contributed by atoms with Gasteiger partial charge in [0, 0.05) is 44.5 Å². The molecule has 2 heterocycles. The maximum Gasteiger partial charge on any atom is 0.324 e. The van der Waals surface area contributed by atoms with Gasteiger partial charge in [0.2, 0.25) is 0 Å². The van der Waals surface area contributed by atoms with Crippen molar-refractivity contribution in [2.45, 2.75) is 31.7 Å². The zero-order chi connectivity index (χ0) is 24.0. The van der Waals surface area contributed by atoms with Crippen molar-refractivity contribution in [1.29, 1.82) is 0 Å². The van der Waals surface area contributed by atoms with E-state index in [9.17, 15) is 9.90 Å². The van der Waals surface area contributed by atoms with Gasteiger partial charge >= 0.3 is 5.97 Å². The van der Waals surface area contributed by atoms with Crippen LogP contribution in [0.1, 0.15) is 23.6 Å². The molecule has 1 saturated heterocycles. The number of ether oxygens (including phenoxy) is 1. The highest BCUT2D eigenvalue weighted by molar-refractivity contribution is 6.09. The second kappa shape index (κ2) is 10.8. The van der Waals surface area contributed by atoms with Crippen LogP contribution in [-0.2, 0) is 22.5 Å². The molecule has 8 heteroatoms. The Hall–Kier alpha value is -3.20. The lowest BCUT2D eigenvalue weighted by Gasteiger charge is -2.32. The summed E-state index contributed by atoms with van der Waals surface area (Å²) in [6, 6.07) is 15.4. The van der Waals surface area contributed by atoms with E-state index in [0.29, 0.717) is 6.54 Å². The number of esters is 1. The number of carbonyl (C=O) groups excluding carboxylic acids is 1. The molecule has 0 saturated carbocycles. The van der Waals surface area contributed by atoms with Crippen LogP contribution < -0.4 is 16.0 Å². The first-order valence-corrected chi connectivity index (χ1v) is 11.6. The average molecular weight is 464 g/mol. The second-order valence-corrected chi connectivity index (χ2v) is 8.86. The summed E-state index contributed by atoms with van der Waals surface area (Å²) in [5.74, 6) is -0.548. The molecule has 0 aliphatic carbocycles. The number of phenols is 1. The molecular weight excluding hydrogens is 430 g/mol. The van der Waals surface area contributed by atoms with E-state index in [0.717, 1.165) is 49.4 Å². The van der Waals surface area contributed by atoms with Gasteiger partial charge in [0.1, 0.15) is 11.8 Å². The molecule has 2 aromatic rings. The van der Waals surface area contributed by atoms with Gasteiger partial charge < -0.3 is 20.5 Å². The predicted octanol–water partition coefficient (Wildman–Crippen LogP) is 1.75. The fourth-order valence-corrected chi connectivity index (χ4v) is 4.30. The topological polar surface area (TPSA) is 98.2 Å². The first kappa shape index (κ1) is 23.9. The van der Waals surface area contributed by atoms with E-state index in [2.05, 4.69) is 45.1 Å². The third-order valence-electron chi connectivity index (χ3n) is 6.14. The third kappa shape index (κ3) is 6.22. The minimum absolute atomic E-state index is 0.218. The number of rotatable bonds is 8. The molecule has 2 unspecified atom stereocenters. The van der Waals surface area contributed by atoms with Crippen molar-refractivity contribution in [2.75, 3.05) is 33.3 Å². The Morgan fingerprint density at radius 1 is 1.26 bits per heavy atom. The van der Waals surface area contributed by atoms with Gasteiger partial charge in [-0.15, -0.1) is 0 Å². The largest absolute Gasteiger partial charge is 0.508 e. The van der Waals surface area contributed by atoms with E-state index in [1.165, 1.54) is 12.7 Å². The number of aromatic hydroxyl groups is 1. The Bertz CT molecular complexity index is 1050. The predicted molar refractivity (Wildman–Crippen MR) is 133 cm³/mol. The number of benzene rings is 2. The SMILES string of the molecule is COC(=O)C1CN(Cc2cccc(C3=NC(C)(NCCc4ccc(O)cc4)NC=C3)c2)CCN1. The minimum Gasteiger partial charge on any atom is -0.508 e. The van der Waals surface area contributed by atoms with E-state index >= 15 is 0 Å². The molecule has 1 fully saturated rings. The molecule has 2 atom stereocenters. The number of phenolic OH excluding ortho intramolecular Hbond substituents is 1. The van der Waals surface area contributed by atoms with Gasteiger partial charge in [-0.05, 0) is 48.7 Å². The van der Waals surface area contributed by atoms with Crippen LogP contribution in [0, 0.1) is 0 Å². The van der Waals surface area contributed by atoms with Crippen LogP contribution in [0.3, 0.4) is 0 Å². The van der Waals surface area contributed by atoms with Crippen molar-refractivity contribution < 1.29 is 14.6 Å². The summed E-state index contributed by atoms with van der Waals surface area (Å²) >= 11 is 0. The standard InChI is InChI=1S/C26H33N5O3/c1-26(28-12-10-19-6-8-22(32)9-7-19)29-13-11-23(30-26)21-5-3-4-20(16-21)17-31-15-14-27-24(18-31)25(33)34-2/h3-9,11,13,16,24,27-29,32H,10,12,14-15,17-18H2,1-2H3. The fraction of sp³-hybridized carbons (Fsp3) is 0.385. The molecule has 4 rings (SSSR count). The van der Waals surface area contributed by atoms with Crippen LogP contribution in [0.15, 0.2) is 65.8 Å². The molecule has 180 valence electrons. The van der Waals surface area contributed by atoms with Crippen molar-refractivity contribution >= 4 is 11.7 Å². The Kier molecular flexibility index (Phi) is 7.62. The number of piperazine rings is 1. The Morgan fingerprint density at radius 3 is 2.88 bits per heavy atom. The molecule has 4 N–H and O–H groups in total. The fourth-order valence-electron chi connectivity index (χ4n) is 4.30. The maximum atomic E-state index is 11.9. The third-order valence-corrected chi connectivity index (χ3v) is 6.14. The highest BCUT2D eigenvalue weighted by Gasteiger charge is 2.26. The Balaban J connectivity index is 1.39. The molecule has 8 nitrogen and oxygen atoms in total. The zero-order valence-electron chi connectivity index (χ0n) is 19.8. The quantitative estimate of drug-likeness (QED) is 0.443. The van der Waals surface area contributed by atoms with Crippen LogP contribution in [0.25, 0.3) is 0 Å². The van der Waals surface area contributed by atoms with Gasteiger partial charge in [-0.1, -0.05) is 30.3 Å². The molecule has 0 amide bonds. The highest BCUT2D eigenvalue weighted by Crippen LogP contribution is 2.17. The van der Waals surface area contributed by atoms with Gasteiger partial charge in [-0.25, -0.2) is 4.99 Å². The molecule has 2 aromatic carbocycles. The molecule has 0 aromatic heterocycles. The first-order chi connectivity index (χ1) is 16.4. The minimum atomic E-state index is -0.608. The number of allylic oxidation sites excluding steroid dienone is 1. The lowest BCUT2D eigenvalue weighted by atomic mass is 10.0. The average Bonchev–Trinajstić information content (AvgIpc) is 2.85. The number of hydrogen-bond donors (Lipinski definition) is 4. The van der Waals surface area contributed by atoms with E-state index < -0.39 is 5.79 Å². The van der Waals surface area contributed by atoms with Crippen LogP contribution in [-0.4, -0.2) is 66.8 Å². The molecule has 2 aliphatic heterocycles. The Morgan fingerprint density at radius 2 is 2.09 bits per heavy atom. The monoisotopic (exact) mass is 463 g/mol. The summed E-state index contributed by atoms with van der Waals surface area (Å²) in [5.41, 5.74) is 4.30. The Labute approximate surface area is 200 Å². The summed E-state index contributed by atoms with van der Waals surface area (Å²) in [5, 5.41) is 19.5. The molecule has 2 aliphatic rings. The number of aliphatic imine (C=N–C) groups is 1. The van der Waals surface area contributed by atoms with Crippen LogP contribution in [0.2, 0.25) is 0 Å². The number of nitrogens with one attached hydrogen (secondary N) is 3. The van der Waals surface area contributed by atoms with Crippen molar-refractivity contribution in [3.8, 4) is 5.75 Å². The van der Waals surface area contributed by atoms with Crippen molar-refractivity contribution in [3.05, 3.63) is 77.5 Å². The number of hydrogen-bond acceptors (Lipinski definition) is 8. The summed E-state index contributed by atoms with van der Waals surface area (Å²) in [6.45, 7) is 5.79. The lowest BCUT2D eigenvalue weighted by Crippen LogP contribution is -2.54. The van der Waals surface area contributed by atoms with Gasteiger partial charge in [0.05, 0.1) is 12.8 Å². The highest BCUT2D eigenvalue weighted by atomic mass is 16.5. The number of nitrogens with zero attached hydrogens (tertiary/aromatic N) is 2. The van der Waals surface area contributed by atoms with Gasteiger partial charge in [0.25, 0.3) is 0 Å². The van der Waals surface area contributed by atoms with Crippen molar-refractivity contribution in [3.63, 3.8) is 0 Å². The van der Waals surface area contributed by atoms with Crippen molar-refractivity contribution in [1.82, 2.24) is 20.9 Å². The molecule has 0 bridgehead atoms. The molecule has 0 radical (unpaired) electrons. The van der Waals surface area contributed by atoms with E-state index in [-0.39, 0.29) is 17.8 Å². The number of carbonyl (C=O) groups is 1. The summed E-state index contributed by atoms with van der Waals surface area (Å²) in [4.78, 5) is 19.1. The molecule has 0 spiro atoms. The van der Waals surface area contributed by atoms with E-state index in [1.54, 1.807) is 12.1 Å². The van der Waals surface area contributed by atoms with Crippen LogP contribution >= 0.6 is 0 Å². The normalized spacial score (nSPS) is 22.6. The summed E-state index contributed by atoms with van der Waals surface area (Å²) in [6.07, 6.45) is 4.75. The van der Waals surface area contributed by atoms with E-state index in [4.69, 9.17) is 9.73 Å². The lowest BCUT2D eigenvalue weighted by molar-refractivity contribution is -0.144. The number of methoxy groups -OCH3 is 1. The van der Waals surface area contributed by atoms with Gasteiger partial charge in [-0.3, -0.25) is 15.0 Å².